The monoisotopic (exact) mass is 184 g/mol. The average molecular weight is 184 g/mol. The maximum Gasteiger partial charge on any atom is 0.0991 e. The van der Waals surface area contributed by atoms with Gasteiger partial charge in [0.1, 0.15) is 0 Å². The molecule has 3 rings (SSSR count). The van der Waals surface area contributed by atoms with Gasteiger partial charge in [0.15, 0.2) is 0 Å². The number of nitrogens with zero attached hydrogens (tertiary/aromatic N) is 1. The minimum atomic E-state index is 0.213. The molecule has 2 aliphatic carbocycles. The summed E-state index contributed by atoms with van der Waals surface area (Å²) in [5.74, 6) is 0. The van der Waals surface area contributed by atoms with E-state index in [0.29, 0.717) is 5.41 Å². The molecule has 0 radical (unpaired) electrons. The van der Waals surface area contributed by atoms with E-state index in [1.807, 2.05) is 18.2 Å². The lowest BCUT2D eigenvalue weighted by atomic mass is 9.99. The van der Waals surface area contributed by atoms with Crippen molar-refractivity contribution in [3.8, 4) is 6.07 Å². The van der Waals surface area contributed by atoms with E-state index in [1.54, 1.807) is 0 Å². The molecule has 70 valence electrons. The van der Waals surface area contributed by atoms with Crippen LogP contribution < -0.4 is 5.73 Å². The highest BCUT2D eigenvalue weighted by Gasteiger charge is 2.52. The summed E-state index contributed by atoms with van der Waals surface area (Å²) < 4.78 is 0. The van der Waals surface area contributed by atoms with Gasteiger partial charge in [-0.1, -0.05) is 6.07 Å². The maximum atomic E-state index is 8.80. The third-order valence-electron chi connectivity index (χ3n) is 3.70. The molecule has 0 unspecified atom stereocenters. The predicted octanol–water partition coefficient (Wildman–Crippen LogP) is 1.89. The third-order valence-corrected chi connectivity index (χ3v) is 3.70. The Balaban J connectivity index is 2.10. The van der Waals surface area contributed by atoms with Gasteiger partial charge in [-0.05, 0) is 47.9 Å². The Morgan fingerprint density at radius 2 is 2.21 bits per heavy atom. The summed E-state index contributed by atoms with van der Waals surface area (Å²) in [4.78, 5) is 0. The zero-order chi connectivity index (χ0) is 9.76. The van der Waals surface area contributed by atoms with Crippen molar-refractivity contribution in [2.75, 3.05) is 0 Å². The number of hydrogen-bond acceptors (Lipinski definition) is 2. The molecule has 2 aliphatic rings. The maximum absolute atomic E-state index is 8.80. The molecular formula is C12H12N2. The van der Waals surface area contributed by atoms with E-state index in [-0.39, 0.29) is 6.04 Å². The summed E-state index contributed by atoms with van der Waals surface area (Å²) in [6.07, 6.45) is 3.59. The van der Waals surface area contributed by atoms with Crippen LogP contribution in [0.4, 0.5) is 0 Å². The molecular weight excluding hydrogens is 172 g/mol. The Kier molecular flexibility index (Phi) is 1.36. The number of fused-ring (bicyclic) bond motifs is 1. The lowest BCUT2D eigenvalue weighted by molar-refractivity contribution is 0.446. The van der Waals surface area contributed by atoms with E-state index in [4.69, 9.17) is 11.0 Å². The summed E-state index contributed by atoms with van der Waals surface area (Å²) in [6.45, 7) is 0. The lowest BCUT2D eigenvalue weighted by Crippen LogP contribution is -2.17. The van der Waals surface area contributed by atoms with Crippen LogP contribution in [0, 0.1) is 16.7 Å². The molecule has 2 nitrogen and oxygen atoms in total. The zero-order valence-corrected chi connectivity index (χ0v) is 7.96. The van der Waals surface area contributed by atoms with Gasteiger partial charge in [0.05, 0.1) is 11.6 Å². The predicted molar refractivity (Wildman–Crippen MR) is 53.5 cm³/mol. The Hall–Kier alpha value is -1.33. The minimum Gasteiger partial charge on any atom is -0.323 e. The molecule has 2 heteroatoms. The van der Waals surface area contributed by atoms with Gasteiger partial charge in [-0.25, -0.2) is 0 Å². The van der Waals surface area contributed by atoms with Crippen molar-refractivity contribution < 1.29 is 0 Å². The smallest absolute Gasteiger partial charge is 0.0991 e. The van der Waals surface area contributed by atoms with Crippen LogP contribution in [0.2, 0.25) is 0 Å². The van der Waals surface area contributed by atoms with Gasteiger partial charge in [0.2, 0.25) is 0 Å². The van der Waals surface area contributed by atoms with Gasteiger partial charge in [-0.15, -0.1) is 0 Å². The fraction of sp³-hybridized carbons (Fsp3) is 0.417. The van der Waals surface area contributed by atoms with Crippen LogP contribution in [0.3, 0.4) is 0 Å². The molecule has 0 amide bonds. The van der Waals surface area contributed by atoms with E-state index in [1.165, 1.54) is 24.0 Å². The first-order chi connectivity index (χ1) is 6.75. The Morgan fingerprint density at radius 3 is 2.86 bits per heavy atom. The number of rotatable bonds is 0. The van der Waals surface area contributed by atoms with E-state index >= 15 is 0 Å². The summed E-state index contributed by atoms with van der Waals surface area (Å²) in [6, 6.07) is 8.30. The second-order valence-electron chi connectivity index (χ2n) is 4.54. The topological polar surface area (TPSA) is 49.8 Å². The lowest BCUT2D eigenvalue weighted by Gasteiger charge is -2.12. The first-order valence-corrected chi connectivity index (χ1v) is 5.04. The SMILES string of the molecule is N#Cc1ccc2c(c1)CC1(CC1)[C@H]2N. The van der Waals surface area contributed by atoms with Crippen LogP contribution in [-0.4, -0.2) is 0 Å². The van der Waals surface area contributed by atoms with Crippen molar-refractivity contribution in [2.24, 2.45) is 11.1 Å². The molecule has 1 saturated carbocycles. The molecule has 0 bridgehead atoms. The number of nitriles is 1. The number of nitrogens with two attached hydrogens (primary N) is 1. The quantitative estimate of drug-likeness (QED) is 0.669. The zero-order valence-electron chi connectivity index (χ0n) is 7.96. The van der Waals surface area contributed by atoms with E-state index in [9.17, 15) is 0 Å². The summed E-state index contributed by atoms with van der Waals surface area (Å²) in [5, 5.41) is 8.80. The van der Waals surface area contributed by atoms with Crippen LogP contribution in [0.15, 0.2) is 18.2 Å². The normalized spacial score (nSPS) is 25.9. The highest BCUT2D eigenvalue weighted by atomic mass is 14.8. The van der Waals surface area contributed by atoms with Crippen LogP contribution >= 0.6 is 0 Å². The molecule has 1 spiro atoms. The fourth-order valence-corrected chi connectivity index (χ4v) is 2.60. The third kappa shape index (κ3) is 0.880. The van der Waals surface area contributed by atoms with Crippen molar-refractivity contribution >= 4 is 0 Å². The number of benzene rings is 1. The first kappa shape index (κ1) is 8.02. The second kappa shape index (κ2) is 2.37. The molecule has 1 fully saturated rings. The standard InChI is InChI=1S/C12H12N2/c13-7-8-1-2-10-9(5-8)6-12(3-4-12)11(10)14/h1-2,5,11H,3-4,6,14H2/t11-/m0/s1. The molecule has 0 heterocycles. The van der Waals surface area contributed by atoms with Crippen LogP contribution in [0.5, 0.6) is 0 Å². The number of hydrogen-bond donors (Lipinski definition) is 1. The van der Waals surface area contributed by atoms with Crippen molar-refractivity contribution in [1.29, 1.82) is 5.26 Å². The van der Waals surface area contributed by atoms with Gasteiger partial charge in [-0.2, -0.15) is 5.26 Å². The van der Waals surface area contributed by atoms with Crippen molar-refractivity contribution in [1.82, 2.24) is 0 Å². The van der Waals surface area contributed by atoms with E-state index < -0.39 is 0 Å². The van der Waals surface area contributed by atoms with Gasteiger partial charge in [0.25, 0.3) is 0 Å². The average Bonchev–Trinajstić information content (AvgIpc) is 2.92. The second-order valence-corrected chi connectivity index (χ2v) is 4.54. The van der Waals surface area contributed by atoms with Crippen molar-refractivity contribution in [3.05, 3.63) is 34.9 Å². The van der Waals surface area contributed by atoms with Gasteiger partial charge < -0.3 is 5.73 Å². The summed E-state index contributed by atoms with van der Waals surface area (Å²) >= 11 is 0. The molecule has 0 aliphatic heterocycles. The van der Waals surface area contributed by atoms with Gasteiger partial charge in [-0.3, -0.25) is 0 Å². The van der Waals surface area contributed by atoms with E-state index in [2.05, 4.69) is 6.07 Å². The molecule has 1 atom stereocenters. The van der Waals surface area contributed by atoms with Crippen molar-refractivity contribution in [3.63, 3.8) is 0 Å². The highest BCUT2D eigenvalue weighted by molar-refractivity contribution is 5.45. The Morgan fingerprint density at radius 1 is 1.43 bits per heavy atom. The molecule has 0 aromatic heterocycles. The van der Waals surface area contributed by atoms with Crippen LogP contribution in [0.1, 0.15) is 35.6 Å². The van der Waals surface area contributed by atoms with Crippen molar-refractivity contribution in [2.45, 2.75) is 25.3 Å². The van der Waals surface area contributed by atoms with Gasteiger partial charge in [0, 0.05) is 6.04 Å². The molecule has 1 aromatic carbocycles. The fourth-order valence-electron chi connectivity index (χ4n) is 2.60. The molecule has 1 aromatic rings. The highest BCUT2D eigenvalue weighted by Crippen LogP contribution is 2.60. The Bertz CT molecular complexity index is 438. The van der Waals surface area contributed by atoms with Crippen LogP contribution in [-0.2, 0) is 6.42 Å². The first-order valence-electron chi connectivity index (χ1n) is 5.04. The molecule has 0 saturated heterocycles. The summed E-state index contributed by atoms with van der Waals surface area (Å²) in [7, 11) is 0. The summed E-state index contributed by atoms with van der Waals surface area (Å²) in [5.41, 5.74) is 9.89. The Labute approximate surface area is 83.3 Å². The van der Waals surface area contributed by atoms with Crippen LogP contribution in [0.25, 0.3) is 0 Å². The minimum absolute atomic E-state index is 0.213. The largest absolute Gasteiger partial charge is 0.323 e. The van der Waals surface area contributed by atoms with Gasteiger partial charge >= 0.3 is 0 Å². The molecule has 2 N–H and O–H groups in total. The van der Waals surface area contributed by atoms with E-state index in [0.717, 1.165) is 12.0 Å². The molecule has 14 heavy (non-hydrogen) atoms.